The Hall–Kier alpha value is -1.24. The largest absolute Gasteiger partial charge is 0.434 e. The van der Waals surface area contributed by atoms with Crippen LogP contribution in [0.15, 0.2) is 24.3 Å². The van der Waals surface area contributed by atoms with Gasteiger partial charge in [-0.25, -0.2) is 0 Å². The van der Waals surface area contributed by atoms with Gasteiger partial charge < -0.3 is 14.7 Å². The molecule has 0 aliphatic carbocycles. The van der Waals surface area contributed by atoms with Crippen molar-refractivity contribution in [3.8, 4) is 5.75 Å². The highest BCUT2D eigenvalue weighted by molar-refractivity contribution is 5.33. The summed E-state index contributed by atoms with van der Waals surface area (Å²) in [6.07, 6.45) is 4.13. The van der Waals surface area contributed by atoms with Gasteiger partial charge in [-0.05, 0) is 51.4 Å². The van der Waals surface area contributed by atoms with Gasteiger partial charge in [0, 0.05) is 25.2 Å². The molecule has 6 heteroatoms. The summed E-state index contributed by atoms with van der Waals surface area (Å²) < 4.78 is 29.7. The smallest absolute Gasteiger partial charge is 0.387 e. The Morgan fingerprint density at radius 2 is 1.79 bits per heavy atom. The first-order valence-corrected chi connectivity index (χ1v) is 8.74. The number of β-amino-alcohol motifs (C(OH)–C–C–N with tert-alkyl or cyclic N) is 1. The van der Waals surface area contributed by atoms with E-state index >= 15 is 0 Å². The molecule has 1 N–H and O–H groups in total. The van der Waals surface area contributed by atoms with E-state index in [2.05, 4.69) is 14.5 Å². The van der Waals surface area contributed by atoms with Gasteiger partial charge in [0.25, 0.3) is 0 Å². The molecule has 2 aliphatic rings. The Bertz CT molecular complexity index is 538. The van der Waals surface area contributed by atoms with E-state index < -0.39 is 12.2 Å². The molecule has 2 heterocycles. The number of alkyl halides is 2. The molecule has 0 unspecified atom stereocenters. The average molecular weight is 340 g/mol. The van der Waals surface area contributed by atoms with Gasteiger partial charge in [0.15, 0.2) is 0 Å². The average Bonchev–Trinajstić information content (AvgIpc) is 3.01. The summed E-state index contributed by atoms with van der Waals surface area (Å²) in [5.74, 6) is 0.223. The van der Waals surface area contributed by atoms with Crippen LogP contribution in [-0.2, 0) is 6.54 Å². The fourth-order valence-electron chi connectivity index (χ4n) is 3.91. The minimum atomic E-state index is -2.82. The second-order valence-electron chi connectivity index (χ2n) is 7.01. The van der Waals surface area contributed by atoms with Gasteiger partial charge in [0.2, 0.25) is 0 Å². The van der Waals surface area contributed by atoms with E-state index in [0.29, 0.717) is 19.6 Å². The van der Waals surface area contributed by atoms with Crippen molar-refractivity contribution in [1.82, 2.24) is 9.80 Å². The van der Waals surface area contributed by atoms with Crippen molar-refractivity contribution < 1.29 is 18.6 Å². The molecule has 3 rings (SSSR count). The first-order chi connectivity index (χ1) is 11.5. The van der Waals surface area contributed by atoms with Crippen molar-refractivity contribution in [2.75, 3.05) is 32.7 Å². The molecule has 0 saturated carbocycles. The Labute approximate surface area is 142 Å². The van der Waals surface area contributed by atoms with Crippen LogP contribution in [0.5, 0.6) is 5.75 Å². The number of ether oxygens (including phenoxy) is 1. The van der Waals surface area contributed by atoms with Crippen molar-refractivity contribution in [2.24, 2.45) is 0 Å². The Balaban J connectivity index is 1.63. The topological polar surface area (TPSA) is 35.9 Å². The zero-order valence-corrected chi connectivity index (χ0v) is 14.0. The van der Waals surface area contributed by atoms with Crippen LogP contribution in [-0.4, -0.2) is 59.8 Å². The number of aliphatic hydroxyl groups is 1. The Morgan fingerprint density at radius 3 is 2.54 bits per heavy atom. The Kier molecular flexibility index (Phi) is 5.69. The second kappa shape index (κ2) is 7.76. The molecule has 0 bridgehead atoms. The molecule has 2 saturated heterocycles. The lowest BCUT2D eigenvalue weighted by Gasteiger charge is -2.41. The lowest BCUT2D eigenvalue weighted by molar-refractivity contribution is -0.0571. The maximum Gasteiger partial charge on any atom is 0.387 e. The van der Waals surface area contributed by atoms with Crippen LogP contribution in [0, 0.1) is 0 Å². The summed E-state index contributed by atoms with van der Waals surface area (Å²) in [7, 11) is 0. The minimum Gasteiger partial charge on any atom is -0.434 e. The van der Waals surface area contributed by atoms with E-state index in [0.717, 1.165) is 38.0 Å². The van der Waals surface area contributed by atoms with Crippen molar-refractivity contribution >= 4 is 0 Å². The number of nitrogens with zero attached hydrogens (tertiary/aromatic N) is 2. The maximum atomic E-state index is 12.5. The van der Waals surface area contributed by atoms with Crippen LogP contribution < -0.4 is 4.74 Å². The van der Waals surface area contributed by atoms with Crippen LogP contribution in [0.25, 0.3) is 0 Å². The quantitative estimate of drug-likeness (QED) is 0.864. The lowest BCUT2D eigenvalue weighted by atomic mass is 9.92. The number of para-hydroxylation sites is 1. The van der Waals surface area contributed by atoms with Gasteiger partial charge in [-0.2, -0.15) is 8.78 Å². The van der Waals surface area contributed by atoms with E-state index in [1.54, 1.807) is 12.1 Å². The monoisotopic (exact) mass is 340 g/mol. The molecule has 4 nitrogen and oxygen atoms in total. The van der Waals surface area contributed by atoms with Crippen LogP contribution in [0.1, 0.15) is 31.2 Å². The molecule has 0 aromatic heterocycles. The molecule has 1 aromatic carbocycles. The SMILES string of the molecule is O[C@@]1(CN2CCCC2)CCCN(Cc2ccccc2OC(F)F)C1. The van der Waals surface area contributed by atoms with E-state index in [1.807, 2.05) is 12.1 Å². The number of piperidine rings is 1. The van der Waals surface area contributed by atoms with Gasteiger partial charge in [0.05, 0.1) is 5.60 Å². The summed E-state index contributed by atoms with van der Waals surface area (Å²) in [4.78, 5) is 4.48. The van der Waals surface area contributed by atoms with Crippen molar-refractivity contribution in [3.63, 3.8) is 0 Å². The minimum absolute atomic E-state index is 0.223. The standard InChI is InChI=1S/C18H26F2N2O2/c19-17(20)24-16-7-2-1-6-15(16)12-22-11-5-8-18(23,14-22)13-21-9-3-4-10-21/h1-2,6-7,17,23H,3-5,8-14H2/t18-/m1/s1. The molecular weight excluding hydrogens is 314 g/mol. The van der Waals surface area contributed by atoms with Gasteiger partial charge in [-0.1, -0.05) is 18.2 Å². The summed E-state index contributed by atoms with van der Waals surface area (Å²) in [6.45, 7) is 1.97. The predicted molar refractivity (Wildman–Crippen MR) is 88.2 cm³/mol. The first-order valence-electron chi connectivity index (χ1n) is 8.74. The van der Waals surface area contributed by atoms with Crippen molar-refractivity contribution in [1.29, 1.82) is 0 Å². The van der Waals surface area contributed by atoms with E-state index in [-0.39, 0.29) is 5.75 Å². The molecule has 0 spiro atoms. The predicted octanol–water partition coefficient (Wildman–Crippen LogP) is 2.71. The number of hydrogen-bond acceptors (Lipinski definition) is 4. The number of rotatable bonds is 6. The molecule has 0 amide bonds. The molecule has 0 radical (unpaired) electrons. The molecule has 134 valence electrons. The number of likely N-dealkylation sites (tertiary alicyclic amines) is 2. The number of benzene rings is 1. The first kappa shape index (κ1) is 17.6. The van der Waals surface area contributed by atoms with Crippen LogP contribution in [0.4, 0.5) is 8.78 Å². The highest BCUT2D eigenvalue weighted by Crippen LogP contribution is 2.28. The van der Waals surface area contributed by atoms with Crippen LogP contribution in [0.2, 0.25) is 0 Å². The second-order valence-corrected chi connectivity index (χ2v) is 7.01. The van der Waals surface area contributed by atoms with E-state index in [4.69, 9.17) is 0 Å². The zero-order chi connectivity index (χ0) is 17.0. The molecule has 2 fully saturated rings. The van der Waals surface area contributed by atoms with Crippen molar-refractivity contribution in [2.45, 2.75) is 44.4 Å². The normalized spacial score (nSPS) is 26.2. The lowest BCUT2D eigenvalue weighted by Crippen LogP contribution is -2.53. The van der Waals surface area contributed by atoms with Gasteiger partial charge >= 0.3 is 6.61 Å². The summed E-state index contributed by atoms with van der Waals surface area (Å²) in [5.41, 5.74) is 0.0319. The zero-order valence-electron chi connectivity index (χ0n) is 14.0. The van der Waals surface area contributed by atoms with Crippen LogP contribution in [0.3, 0.4) is 0 Å². The fraction of sp³-hybridized carbons (Fsp3) is 0.667. The highest BCUT2D eigenvalue weighted by atomic mass is 19.3. The number of halogens is 2. The highest BCUT2D eigenvalue weighted by Gasteiger charge is 2.35. The molecular formula is C18H26F2N2O2. The fourth-order valence-corrected chi connectivity index (χ4v) is 3.91. The third kappa shape index (κ3) is 4.65. The van der Waals surface area contributed by atoms with E-state index in [9.17, 15) is 13.9 Å². The molecule has 1 aromatic rings. The summed E-state index contributed by atoms with van der Waals surface area (Å²) in [5, 5.41) is 11.0. The Morgan fingerprint density at radius 1 is 1.08 bits per heavy atom. The third-order valence-electron chi connectivity index (χ3n) is 4.93. The van der Waals surface area contributed by atoms with Gasteiger partial charge in [-0.3, -0.25) is 4.90 Å². The molecule has 2 aliphatic heterocycles. The third-order valence-corrected chi connectivity index (χ3v) is 4.93. The summed E-state index contributed by atoms with van der Waals surface area (Å²) in [6, 6.07) is 6.91. The van der Waals surface area contributed by atoms with E-state index in [1.165, 1.54) is 12.8 Å². The van der Waals surface area contributed by atoms with Crippen LogP contribution >= 0.6 is 0 Å². The number of hydrogen-bond donors (Lipinski definition) is 1. The molecule has 24 heavy (non-hydrogen) atoms. The molecule has 1 atom stereocenters. The van der Waals surface area contributed by atoms with Gasteiger partial charge in [-0.15, -0.1) is 0 Å². The van der Waals surface area contributed by atoms with Gasteiger partial charge in [0.1, 0.15) is 5.75 Å². The van der Waals surface area contributed by atoms with Crippen molar-refractivity contribution in [3.05, 3.63) is 29.8 Å². The summed E-state index contributed by atoms with van der Waals surface area (Å²) >= 11 is 0. The maximum absolute atomic E-state index is 12.5.